The van der Waals surface area contributed by atoms with E-state index in [4.69, 9.17) is 0 Å². The van der Waals surface area contributed by atoms with Crippen molar-refractivity contribution in [3.8, 4) is 0 Å². The molecule has 0 saturated heterocycles. The molecule has 0 fully saturated rings. The Bertz CT molecular complexity index is 1140. The molecule has 5 nitrogen and oxygen atoms in total. The molecule has 154 valence electrons. The lowest BCUT2D eigenvalue weighted by atomic mass is 9.88. The van der Waals surface area contributed by atoms with Crippen molar-refractivity contribution in [1.29, 1.82) is 0 Å². The van der Waals surface area contributed by atoms with E-state index >= 15 is 0 Å². The van der Waals surface area contributed by atoms with E-state index in [9.17, 15) is 13.2 Å². The fourth-order valence-corrected chi connectivity index (χ4v) is 5.11. The van der Waals surface area contributed by atoms with Crippen LogP contribution in [0.3, 0.4) is 0 Å². The maximum atomic E-state index is 13.0. The molecule has 6 heteroatoms. The number of hydrogen-bond acceptors (Lipinski definition) is 3. The van der Waals surface area contributed by atoms with Gasteiger partial charge in [0.05, 0.1) is 4.90 Å². The van der Waals surface area contributed by atoms with Gasteiger partial charge in [-0.05, 0) is 54.2 Å². The normalized spacial score (nSPS) is 15.9. The van der Waals surface area contributed by atoms with Crippen molar-refractivity contribution in [3.05, 3.63) is 101 Å². The van der Waals surface area contributed by atoms with Gasteiger partial charge in [-0.1, -0.05) is 60.7 Å². The Morgan fingerprint density at radius 1 is 0.933 bits per heavy atom. The van der Waals surface area contributed by atoms with Gasteiger partial charge in [-0.15, -0.1) is 0 Å². The molecule has 0 heterocycles. The summed E-state index contributed by atoms with van der Waals surface area (Å²) < 4.78 is 28.9. The average Bonchev–Trinajstić information content (AvgIpc) is 2.78. The fourth-order valence-electron chi connectivity index (χ4n) is 3.82. The highest BCUT2D eigenvalue weighted by Crippen LogP contribution is 2.30. The number of benzene rings is 3. The van der Waals surface area contributed by atoms with Crippen molar-refractivity contribution in [2.75, 3.05) is 0 Å². The van der Waals surface area contributed by atoms with E-state index < -0.39 is 10.0 Å². The van der Waals surface area contributed by atoms with Crippen LogP contribution in [0.2, 0.25) is 0 Å². The predicted molar refractivity (Wildman–Crippen MR) is 116 cm³/mol. The van der Waals surface area contributed by atoms with Crippen molar-refractivity contribution < 1.29 is 13.2 Å². The molecule has 3 aromatic carbocycles. The van der Waals surface area contributed by atoms with Gasteiger partial charge < -0.3 is 5.32 Å². The topological polar surface area (TPSA) is 75.3 Å². The van der Waals surface area contributed by atoms with E-state index in [0.717, 1.165) is 30.4 Å². The minimum Gasteiger partial charge on any atom is -0.348 e. The summed E-state index contributed by atoms with van der Waals surface area (Å²) >= 11 is 0. The third-order valence-electron chi connectivity index (χ3n) is 5.37. The molecular weight excluding hydrogens is 396 g/mol. The molecular formula is C24H24N2O3S. The monoisotopic (exact) mass is 420 g/mol. The molecule has 1 amide bonds. The number of amides is 1. The van der Waals surface area contributed by atoms with Crippen LogP contribution >= 0.6 is 0 Å². The quantitative estimate of drug-likeness (QED) is 0.634. The second-order valence-corrected chi connectivity index (χ2v) is 9.18. The Kier molecular flexibility index (Phi) is 5.97. The number of fused-ring (bicyclic) bond motifs is 1. The first-order valence-corrected chi connectivity index (χ1v) is 11.5. The average molecular weight is 421 g/mol. The number of sulfonamides is 1. The number of hydrogen-bond donors (Lipinski definition) is 2. The van der Waals surface area contributed by atoms with Crippen LogP contribution in [0.15, 0.2) is 83.8 Å². The Labute approximate surface area is 177 Å². The van der Waals surface area contributed by atoms with Crippen molar-refractivity contribution in [3.63, 3.8) is 0 Å². The first-order valence-electron chi connectivity index (χ1n) is 10.1. The highest BCUT2D eigenvalue weighted by atomic mass is 32.2. The Morgan fingerprint density at radius 2 is 1.70 bits per heavy atom. The first-order chi connectivity index (χ1) is 14.5. The van der Waals surface area contributed by atoms with E-state index in [1.165, 1.54) is 17.7 Å². The van der Waals surface area contributed by atoms with Gasteiger partial charge in [-0.3, -0.25) is 4.79 Å². The number of rotatable bonds is 6. The molecule has 0 unspecified atom stereocenters. The second-order valence-electron chi connectivity index (χ2n) is 7.46. The molecule has 0 aromatic heterocycles. The first kappa shape index (κ1) is 20.3. The SMILES string of the molecule is O=C(NCc1ccccc1)c1cccc(S(=O)(=O)N[C@@H]2CCCc3ccccc32)c1. The molecule has 2 N–H and O–H groups in total. The molecule has 1 aliphatic carbocycles. The number of carbonyl (C=O) groups excluding carboxylic acids is 1. The van der Waals surface area contributed by atoms with E-state index in [-0.39, 0.29) is 16.8 Å². The van der Waals surface area contributed by atoms with Gasteiger partial charge in [-0.25, -0.2) is 13.1 Å². The zero-order valence-electron chi connectivity index (χ0n) is 16.5. The number of aryl methyl sites for hydroxylation is 1. The van der Waals surface area contributed by atoms with E-state index in [1.807, 2.05) is 54.6 Å². The summed E-state index contributed by atoms with van der Waals surface area (Å²) in [5, 5.41) is 2.83. The summed E-state index contributed by atoms with van der Waals surface area (Å²) in [5.41, 5.74) is 3.51. The summed E-state index contributed by atoms with van der Waals surface area (Å²) in [6.45, 7) is 0.383. The van der Waals surface area contributed by atoms with Crippen LogP contribution in [-0.4, -0.2) is 14.3 Å². The molecule has 30 heavy (non-hydrogen) atoms. The van der Waals surface area contributed by atoms with Gasteiger partial charge in [0.1, 0.15) is 0 Å². The van der Waals surface area contributed by atoms with Crippen LogP contribution in [0.5, 0.6) is 0 Å². The zero-order chi connectivity index (χ0) is 21.0. The molecule has 0 bridgehead atoms. The van der Waals surface area contributed by atoms with Crippen molar-refractivity contribution in [1.82, 2.24) is 10.0 Å². The smallest absolute Gasteiger partial charge is 0.251 e. The van der Waals surface area contributed by atoms with Crippen molar-refractivity contribution in [2.45, 2.75) is 36.7 Å². The summed E-state index contributed by atoms with van der Waals surface area (Å²) in [5.74, 6) is -0.307. The Morgan fingerprint density at radius 3 is 2.53 bits per heavy atom. The summed E-state index contributed by atoms with van der Waals surface area (Å²) in [6.07, 6.45) is 2.66. The fraction of sp³-hybridized carbons (Fsp3) is 0.208. The largest absolute Gasteiger partial charge is 0.348 e. The van der Waals surface area contributed by atoms with Crippen LogP contribution in [-0.2, 0) is 23.0 Å². The summed E-state index contributed by atoms with van der Waals surface area (Å²) in [7, 11) is -3.76. The summed E-state index contributed by atoms with van der Waals surface area (Å²) in [4.78, 5) is 12.6. The molecule has 1 atom stereocenters. The minimum atomic E-state index is -3.76. The standard InChI is InChI=1S/C24H24N2O3S/c27-24(25-17-18-8-2-1-3-9-18)20-12-6-13-21(16-20)30(28,29)26-23-15-7-11-19-10-4-5-14-22(19)23/h1-6,8-10,12-14,16,23,26H,7,11,15,17H2,(H,25,27)/t23-/m1/s1. The Hall–Kier alpha value is -2.96. The van der Waals surface area contributed by atoms with E-state index in [0.29, 0.717) is 12.1 Å². The van der Waals surface area contributed by atoms with Gasteiger partial charge in [0.2, 0.25) is 10.0 Å². The predicted octanol–water partition coefficient (Wildman–Crippen LogP) is 3.97. The molecule has 0 spiro atoms. The third kappa shape index (κ3) is 4.61. The molecule has 1 aliphatic rings. The van der Waals surface area contributed by atoms with Crippen LogP contribution in [0.1, 0.15) is 45.9 Å². The van der Waals surface area contributed by atoms with Gasteiger partial charge in [0, 0.05) is 18.2 Å². The van der Waals surface area contributed by atoms with Crippen LogP contribution in [0.4, 0.5) is 0 Å². The highest BCUT2D eigenvalue weighted by molar-refractivity contribution is 7.89. The number of carbonyl (C=O) groups is 1. The highest BCUT2D eigenvalue weighted by Gasteiger charge is 2.26. The minimum absolute atomic E-state index is 0.0953. The number of nitrogens with one attached hydrogen (secondary N) is 2. The van der Waals surface area contributed by atoms with Crippen LogP contribution in [0, 0.1) is 0 Å². The van der Waals surface area contributed by atoms with Crippen molar-refractivity contribution in [2.24, 2.45) is 0 Å². The van der Waals surface area contributed by atoms with Crippen molar-refractivity contribution >= 4 is 15.9 Å². The maximum absolute atomic E-state index is 13.0. The molecule has 3 aromatic rings. The lowest BCUT2D eigenvalue weighted by molar-refractivity contribution is 0.0950. The maximum Gasteiger partial charge on any atom is 0.251 e. The zero-order valence-corrected chi connectivity index (χ0v) is 17.4. The second kappa shape index (κ2) is 8.81. The van der Waals surface area contributed by atoms with Gasteiger partial charge in [0.15, 0.2) is 0 Å². The molecule has 0 saturated carbocycles. The van der Waals surface area contributed by atoms with Crippen LogP contribution < -0.4 is 10.0 Å². The Balaban J connectivity index is 1.49. The van der Waals surface area contributed by atoms with E-state index in [1.54, 1.807) is 12.1 Å². The molecule has 0 radical (unpaired) electrons. The lowest BCUT2D eigenvalue weighted by Crippen LogP contribution is -2.31. The van der Waals surface area contributed by atoms with Gasteiger partial charge in [-0.2, -0.15) is 0 Å². The summed E-state index contributed by atoms with van der Waals surface area (Å²) in [6, 6.07) is 23.4. The molecule has 4 rings (SSSR count). The molecule has 0 aliphatic heterocycles. The van der Waals surface area contributed by atoms with Gasteiger partial charge >= 0.3 is 0 Å². The third-order valence-corrected chi connectivity index (χ3v) is 6.84. The van der Waals surface area contributed by atoms with Gasteiger partial charge in [0.25, 0.3) is 5.91 Å². The lowest BCUT2D eigenvalue weighted by Gasteiger charge is -2.26. The van der Waals surface area contributed by atoms with Crippen LogP contribution in [0.25, 0.3) is 0 Å². The van der Waals surface area contributed by atoms with E-state index in [2.05, 4.69) is 10.0 Å².